The van der Waals surface area contributed by atoms with Gasteiger partial charge >= 0.3 is 5.69 Å². The second kappa shape index (κ2) is 5.81. The molecule has 4 heteroatoms. The molecule has 4 nitrogen and oxygen atoms in total. The molecule has 0 aliphatic carbocycles. The number of aliphatic imine (C=N–C) groups is 1. The van der Waals surface area contributed by atoms with E-state index in [4.69, 9.17) is 4.99 Å². The van der Waals surface area contributed by atoms with Gasteiger partial charge in [0.25, 0.3) is 0 Å². The minimum Gasteiger partial charge on any atom is -0.305 e. The average molecular weight is 353 g/mol. The van der Waals surface area contributed by atoms with Crippen molar-refractivity contribution in [3.63, 3.8) is 0 Å². The molecule has 132 valence electrons. The van der Waals surface area contributed by atoms with E-state index in [1.807, 2.05) is 36.5 Å². The summed E-state index contributed by atoms with van der Waals surface area (Å²) in [4.78, 5) is 20.4. The van der Waals surface area contributed by atoms with Crippen molar-refractivity contribution in [2.75, 3.05) is 0 Å². The number of aromatic nitrogens is 2. The highest BCUT2D eigenvalue weighted by Crippen LogP contribution is 2.38. The normalized spacial score (nSPS) is 12.4. The van der Waals surface area contributed by atoms with E-state index < -0.39 is 0 Å². The van der Waals surface area contributed by atoms with Gasteiger partial charge in [-0.2, -0.15) is 0 Å². The summed E-state index contributed by atoms with van der Waals surface area (Å²) in [5, 5.41) is 0. The molecule has 27 heavy (non-hydrogen) atoms. The Morgan fingerprint density at radius 2 is 1.74 bits per heavy atom. The maximum Gasteiger partial charge on any atom is 0.331 e. The summed E-state index contributed by atoms with van der Waals surface area (Å²) in [6.07, 6.45) is 1.85. The van der Waals surface area contributed by atoms with Crippen molar-refractivity contribution >= 4 is 22.9 Å². The number of H-pyrrole nitrogens is 1. The van der Waals surface area contributed by atoms with Gasteiger partial charge in [-0.1, -0.05) is 62.4 Å². The molecule has 1 aliphatic rings. The summed E-state index contributed by atoms with van der Waals surface area (Å²) in [6, 6.07) is 20.4. The van der Waals surface area contributed by atoms with Crippen molar-refractivity contribution in [2.45, 2.75) is 19.8 Å². The Balaban J connectivity index is 1.78. The van der Waals surface area contributed by atoms with E-state index >= 15 is 0 Å². The van der Waals surface area contributed by atoms with E-state index in [9.17, 15) is 4.79 Å². The second-order valence-electron chi connectivity index (χ2n) is 7.22. The van der Waals surface area contributed by atoms with Crippen molar-refractivity contribution in [2.24, 2.45) is 4.99 Å². The SMILES string of the molecule is CC(C)c1ccc(-c2cccc3c2N=Cc2cccc4[nH]c(=O)n-3c24)cc1. The van der Waals surface area contributed by atoms with Crippen LogP contribution in [0.25, 0.3) is 27.8 Å². The Bertz CT molecular complexity index is 1260. The van der Waals surface area contributed by atoms with E-state index in [1.165, 1.54) is 5.56 Å². The number of hydrogen-bond acceptors (Lipinski definition) is 2. The molecule has 1 N–H and O–H groups in total. The number of rotatable bonds is 2. The predicted molar refractivity (Wildman–Crippen MR) is 111 cm³/mol. The molecule has 1 aromatic heterocycles. The Morgan fingerprint density at radius 3 is 2.52 bits per heavy atom. The summed E-state index contributed by atoms with van der Waals surface area (Å²) in [5.74, 6) is 0.492. The second-order valence-corrected chi connectivity index (χ2v) is 7.22. The van der Waals surface area contributed by atoms with Crippen LogP contribution in [0.2, 0.25) is 0 Å². The van der Waals surface area contributed by atoms with Gasteiger partial charge in [-0.05, 0) is 29.2 Å². The molecule has 3 aromatic carbocycles. The van der Waals surface area contributed by atoms with Crippen LogP contribution in [0.15, 0.2) is 70.5 Å². The van der Waals surface area contributed by atoms with Crippen LogP contribution in [-0.4, -0.2) is 15.8 Å². The smallest absolute Gasteiger partial charge is 0.305 e. The van der Waals surface area contributed by atoms with Crippen molar-refractivity contribution in [1.82, 2.24) is 9.55 Å². The monoisotopic (exact) mass is 353 g/mol. The van der Waals surface area contributed by atoms with Gasteiger partial charge < -0.3 is 4.98 Å². The van der Waals surface area contributed by atoms with E-state index in [-0.39, 0.29) is 5.69 Å². The Morgan fingerprint density at radius 1 is 0.963 bits per heavy atom. The van der Waals surface area contributed by atoms with Gasteiger partial charge in [0.2, 0.25) is 0 Å². The lowest BCUT2D eigenvalue weighted by atomic mass is 9.97. The van der Waals surface area contributed by atoms with Crippen molar-refractivity contribution in [1.29, 1.82) is 0 Å². The van der Waals surface area contributed by atoms with Crippen LogP contribution >= 0.6 is 0 Å². The maximum absolute atomic E-state index is 12.7. The van der Waals surface area contributed by atoms with E-state index in [0.717, 1.165) is 39.1 Å². The van der Waals surface area contributed by atoms with Gasteiger partial charge in [0.1, 0.15) is 0 Å². The number of nitrogens with one attached hydrogen (secondary N) is 1. The number of aromatic amines is 1. The van der Waals surface area contributed by atoms with E-state index in [2.05, 4.69) is 49.2 Å². The van der Waals surface area contributed by atoms with Crippen LogP contribution in [-0.2, 0) is 0 Å². The molecule has 2 heterocycles. The molecular weight excluding hydrogens is 334 g/mol. The van der Waals surface area contributed by atoms with Gasteiger partial charge in [-0.15, -0.1) is 0 Å². The summed E-state index contributed by atoms with van der Waals surface area (Å²) in [7, 11) is 0. The summed E-state index contributed by atoms with van der Waals surface area (Å²) >= 11 is 0. The number of hydrogen-bond donors (Lipinski definition) is 1. The van der Waals surface area contributed by atoms with Gasteiger partial charge in [0, 0.05) is 17.3 Å². The van der Waals surface area contributed by atoms with Gasteiger partial charge in [0.15, 0.2) is 0 Å². The minimum absolute atomic E-state index is 0.142. The van der Waals surface area contributed by atoms with Crippen LogP contribution in [0.1, 0.15) is 30.9 Å². The van der Waals surface area contributed by atoms with Crippen molar-refractivity contribution < 1.29 is 0 Å². The average Bonchev–Trinajstić information content (AvgIpc) is 2.91. The third-order valence-electron chi connectivity index (χ3n) is 5.21. The summed E-state index contributed by atoms with van der Waals surface area (Å²) in [5.41, 5.74) is 7.53. The molecule has 0 spiro atoms. The van der Waals surface area contributed by atoms with Gasteiger partial charge in [-0.25, -0.2) is 4.79 Å². The topological polar surface area (TPSA) is 50.1 Å². The first-order chi connectivity index (χ1) is 13.1. The molecule has 5 rings (SSSR count). The lowest BCUT2D eigenvalue weighted by Gasteiger charge is -2.12. The Labute approximate surface area is 156 Å². The molecule has 0 saturated heterocycles. The first kappa shape index (κ1) is 15.8. The van der Waals surface area contributed by atoms with E-state index in [0.29, 0.717) is 5.92 Å². The van der Waals surface area contributed by atoms with Crippen LogP contribution in [0.3, 0.4) is 0 Å². The number of benzene rings is 3. The zero-order valence-corrected chi connectivity index (χ0v) is 15.2. The third-order valence-corrected chi connectivity index (χ3v) is 5.21. The van der Waals surface area contributed by atoms with E-state index in [1.54, 1.807) is 4.57 Å². The minimum atomic E-state index is -0.142. The van der Waals surface area contributed by atoms with Crippen LogP contribution in [0.4, 0.5) is 5.69 Å². The molecule has 0 amide bonds. The number of imidazole rings is 1. The lowest BCUT2D eigenvalue weighted by Crippen LogP contribution is -2.14. The largest absolute Gasteiger partial charge is 0.331 e. The van der Waals surface area contributed by atoms with Gasteiger partial charge in [0.05, 0.1) is 22.4 Å². The number of nitrogens with zero attached hydrogens (tertiary/aromatic N) is 2. The maximum atomic E-state index is 12.7. The Kier molecular flexibility index (Phi) is 3.41. The fourth-order valence-corrected chi connectivity index (χ4v) is 3.78. The molecule has 0 saturated carbocycles. The fraction of sp³-hybridized carbons (Fsp3) is 0.130. The molecule has 0 radical (unpaired) electrons. The molecule has 1 aliphatic heterocycles. The predicted octanol–water partition coefficient (Wildman–Crippen LogP) is 5.17. The molecule has 0 unspecified atom stereocenters. The summed E-state index contributed by atoms with van der Waals surface area (Å²) in [6.45, 7) is 4.38. The Hall–Kier alpha value is -3.40. The number of para-hydroxylation sites is 2. The quantitative estimate of drug-likeness (QED) is 0.467. The molecular formula is C23H19N3O. The van der Waals surface area contributed by atoms with Crippen molar-refractivity contribution in [3.8, 4) is 16.8 Å². The van der Waals surface area contributed by atoms with Crippen LogP contribution in [0, 0.1) is 0 Å². The molecule has 4 aromatic rings. The number of fused-ring (bicyclic) bond motifs is 2. The van der Waals surface area contributed by atoms with Crippen LogP contribution < -0.4 is 5.69 Å². The molecule has 0 bridgehead atoms. The van der Waals surface area contributed by atoms with Gasteiger partial charge in [-0.3, -0.25) is 9.56 Å². The van der Waals surface area contributed by atoms with Crippen LogP contribution in [0.5, 0.6) is 0 Å². The lowest BCUT2D eigenvalue weighted by molar-refractivity contribution is 0.867. The highest BCUT2D eigenvalue weighted by atomic mass is 16.1. The standard InChI is InChI=1S/C23H19N3O/c1-14(2)15-9-11-16(12-10-15)18-6-4-8-20-21(18)24-13-17-5-3-7-19-22(17)26(20)23(27)25-19/h3-14H,1-2H3,(H,25,27). The first-order valence-electron chi connectivity index (χ1n) is 9.15. The molecule has 0 atom stereocenters. The summed E-state index contributed by atoms with van der Waals surface area (Å²) < 4.78 is 1.74. The molecule has 0 fully saturated rings. The zero-order chi connectivity index (χ0) is 18.5. The fourth-order valence-electron chi connectivity index (χ4n) is 3.78. The van der Waals surface area contributed by atoms with Crippen molar-refractivity contribution in [3.05, 3.63) is 82.3 Å². The third kappa shape index (κ3) is 2.37. The highest BCUT2D eigenvalue weighted by molar-refractivity contribution is 6.02. The zero-order valence-electron chi connectivity index (χ0n) is 15.2. The highest BCUT2D eigenvalue weighted by Gasteiger charge is 2.19. The first-order valence-corrected chi connectivity index (χ1v) is 9.15.